The molecule has 2 aromatic heterocycles. The second kappa shape index (κ2) is 6.65. The van der Waals surface area contributed by atoms with Crippen molar-refractivity contribution in [3.63, 3.8) is 0 Å². The van der Waals surface area contributed by atoms with E-state index >= 15 is 0 Å². The maximum atomic E-state index is 13.8. The molecule has 0 saturated carbocycles. The van der Waals surface area contributed by atoms with E-state index in [2.05, 4.69) is 10.1 Å². The molecular weight excluding hydrogens is 411 g/mol. The van der Waals surface area contributed by atoms with Crippen LogP contribution in [0.4, 0.5) is 13.2 Å². The van der Waals surface area contributed by atoms with Gasteiger partial charge in [0.2, 0.25) is 0 Å². The molecule has 2 aromatic carbocycles. The van der Waals surface area contributed by atoms with Crippen LogP contribution in [0.15, 0.2) is 30.5 Å². The Morgan fingerprint density at radius 2 is 2.07 bits per heavy atom. The summed E-state index contributed by atoms with van der Waals surface area (Å²) in [6.45, 7) is 1.41. The normalized spacial score (nSPS) is 11.9. The van der Waals surface area contributed by atoms with Crippen LogP contribution in [0.1, 0.15) is 23.0 Å². The van der Waals surface area contributed by atoms with Gasteiger partial charge in [-0.15, -0.1) is 0 Å². The highest BCUT2D eigenvalue weighted by atomic mass is 35.5. The van der Waals surface area contributed by atoms with Gasteiger partial charge in [0.25, 0.3) is 0 Å². The largest absolute Gasteiger partial charge is 0.462 e. The van der Waals surface area contributed by atoms with E-state index in [1.165, 1.54) is 13.0 Å². The lowest BCUT2D eigenvalue weighted by Crippen LogP contribution is -2.18. The van der Waals surface area contributed by atoms with Crippen LogP contribution in [0.25, 0.3) is 27.4 Å². The topological polar surface area (TPSA) is 77.0 Å². The third kappa shape index (κ3) is 2.86. The third-order valence-corrected chi connectivity index (χ3v) is 4.77. The van der Waals surface area contributed by atoms with Gasteiger partial charge in [0.05, 0.1) is 29.0 Å². The number of ether oxygens (including phenoxy) is 1. The number of nitrogens with zero attached hydrogens (tertiary/aromatic N) is 2. The molecule has 4 rings (SSSR count). The average molecular weight is 422 g/mol. The first-order chi connectivity index (χ1) is 13.8. The molecule has 0 saturated heterocycles. The van der Waals surface area contributed by atoms with Gasteiger partial charge in [-0.25, -0.2) is 14.3 Å². The Morgan fingerprint density at radius 3 is 2.72 bits per heavy atom. The number of hydrogen-bond donors (Lipinski definition) is 1. The number of hydrogen-bond acceptors (Lipinski definition) is 4. The van der Waals surface area contributed by atoms with Gasteiger partial charge in [0.15, 0.2) is 11.6 Å². The van der Waals surface area contributed by atoms with Gasteiger partial charge in [-0.2, -0.15) is 18.3 Å². The van der Waals surface area contributed by atoms with Gasteiger partial charge in [-0.1, -0.05) is 29.8 Å². The molecule has 0 radical (unpaired) electrons. The van der Waals surface area contributed by atoms with E-state index in [-0.39, 0.29) is 22.7 Å². The average Bonchev–Trinajstić information content (AvgIpc) is 3.27. The molecule has 0 aliphatic heterocycles. The SMILES string of the molecule is CCOC(=O)c1cnn(-c2cc(Cl)c3[nH]c(=C=O)c4cccc2c34)c1C(F)(F)F. The summed E-state index contributed by atoms with van der Waals surface area (Å²) in [5, 5.41) is 5.31. The highest BCUT2D eigenvalue weighted by Gasteiger charge is 2.41. The van der Waals surface area contributed by atoms with Crippen molar-refractivity contribution in [2.45, 2.75) is 13.1 Å². The minimum Gasteiger partial charge on any atom is -0.462 e. The lowest BCUT2D eigenvalue weighted by molar-refractivity contribution is -0.143. The summed E-state index contributed by atoms with van der Waals surface area (Å²) in [6.07, 6.45) is -4.08. The highest BCUT2D eigenvalue weighted by molar-refractivity contribution is 6.37. The minimum absolute atomic E-state index is 0.00687. The first-order valence-electron chi connectivity index (χ1n) is 8.38. The van der Waals surface area contributed by atoms with Crippen molar-refractivity contribution in [2.24, 2.45) is 0 Å². The van der Waals surface area contributed by atoms with Crippen molar-refractivity contribution in [3.8, 4) is 5.69 Å². The maximum absolute atomic E-state index is 13.8. The minimum atomic E-state index is -4.89. The molecule has 0 aliphatic carbocycles. The molecule has 0 bridgehead atoms. The predicted octanol–water partition coefficient (Wildman–Crippen LogP) is 3.58. The number of aromatic nitrogens is 3. The number of benzene rings is 2. The van der Waals surface area contributed by atoms with Gasteiger partial charge in [0.1, 0.15) is 10.9 Å². The van der Waals surface area contributed by atoms with Crippen LogP contribution in [0.3, 0.4) is 0 Å². The van der Waals surface area contributed by atoms with Crippen molar-refractivity contribution >= 4 is 45.2 Å². The molecule has 0 amide bonds. The number of rotatable bonds is 3. The summed E-state index contributed by atoms with van der Waals surface area (Å²) in [4.78, 5) is 26.1. The van der Waals surface area contributed by atoms with E-state index in [1.807, 2.05) is 0 Å². The Balaban J connectivity index is 2.10. The van der Waals surface area contributed by atoms with E-state index in [0.717, 1.165) is 6.20 Å². The quantitative estimate of drug-likeness (QED) is 0.513. The molecule has 29 heavy (non-hydrogen) atoms. The molecule has 1 N–H and O–H groups in total. The van der Waals surface area contributed by atoms with Crippen LogP contribution >= 0.6 is 11.6 Å². The molecule has 0 spiro atoms. The number of halogens is 4. The van der Waals surface area contributed by atoms with Crippen LogP contribution in [-0.2, 0) is 15.7 Å². The summed E-state index contributed by atoms with van der Waals surface area (Å²) in [6, 6.07) is 6.09. The van der Waals surface area contributed by atoms with Gasteiger partial charge in [0, 0.05) is 16.2 Å². The number of carbonyl (C=O) groups is 1. The summed E-state index contributed by atoms with van der Waals surface area (Å²) < 4.78 is 46.9. The maximum Gasteiger partial charge on any atom is 0.434 e. The Labute approximate surface area is 165 Å². The van der Waals surface area contributed by atoms with Crippen molar-refractivity contribution < 1.29 is 27.5 Å². The second-order valence-corrected chi connectivity index (χ2v) is 6.53. The first kappa shape index (κ1) is 19.0. The zero-order valence-electron chi connectivity index (χ0n) is 14.7. The molecule has 2 heterocycles. The highest BCUT2D eigenvalue weighted by Crippen LogP contribution is 2.38. The van der Waals surface area contributed by atoms with E-state index in [4.69, 9.17) is 16.3 Å². The van der Waals surface area contributed by atoms with E-state index in [0.29, 0.717) is 26.4 Å². The van der Waals surface area contributed by atoms with E-state index < -0.39 is 23.4 Å². The number of H-pyrrole nitrogens is 1. The Kier molecular flexibility index (Phi) is 4.37. The summed E-state index contributed by atoms with van der Waals surface area (Å²) in [5.74, 6) is 0.631. The first-order valence-corrected chi connectivity index (χ1v) is 8.76. The summed E-state index contributed by atoms with van der Waals surface area (Å²) in [7, 11) is 0. The zero-order valence-corrected chi connectivity index (χ0v) is 15.5. The standard InChI is InChI=1S/C19H11ClF3N3O3/c1-2-29-18(28)11-7-24-26(17(11)19(21,22)23)14-6-12(20)16-15-9(13(8-27)25-16)4-3-5-10(14)15/h3-7,25H,2H2,1H3. The van der Waals surface area contributed by atoms with Gasteiger partial charge < -0.3 is 9.72 Å². The molecule has 0 aliphatic rings. The molecular formula is C19H11ClF3N3O3. The monoisotopic (exact) mass is 421 g/mol. The fourth-order valence-electron chi connectivity index (χ4n) is 3.37. The summed E-state index contributed by atoms with van der Waals surface area (Å²) >= 11 is 6.28. The fourth-order valence-corrected chi connectivity index (χ4v) is 3.61. The molecule has 10 heteroatoms. The molecule has 0 fully saturated rings. The zero-order chi connectivity index (χ0) is 20.9. The Bertz CT molecular complexity index is 1350. The Morgan fingerprint density at radius 1 is 1.34 bits per heavy atom. The number of nitrogens with one attached hydrogen (secondary N) is 1. The molecule has 0 atom stereocenters. The molecule has 6 nitrogen and oxygen atoms in total. The van der Waals surface area contributed by atoms with Crippen LogP contribution in [-0.4, -0.2) is 33.3 Å². The summed E-state index contributed by atoms with van der Waals surface area (Å²) in [5.41, 5.74) is -1.58. The smallest absolute Gasteiger partial charge is 0.434 e. The molecule has 148 valence electrons. The van der Waals surface area contributed by atoms with Crippen LogP contribution < -0.4 is 5.35 Å². The van der Waals surface area contributed by atoms with Crippen LogP contribution in [0.5, 0.6) is 0 Å². The van der Waals surface area contributed by atoms with Gasteiger partial charge in [-0.3, -0.25) is 0 Å². The third-order valence-electron chi connectivity index (χ3n) is 4.48. The van der Waals surface area contributed by atoms with Crippen molar-refractivity contribution in [1.82, 2.24) is 14.8 Å². The van der Waals surface area contributed by atoms with Crippen molar-refractivity contribution in [1.29, 1.82) is 0 Å². The second-order valence-electron chi connectivity index (χ2n) is 6.12. The lowest BCUT2D eigenvalue weighted by atomic mass is 10.1. The van der Waals surface area contributed by atoms with E-state index in [1.54, 1.807) is 24.1 Å². The number of carbonyl (C=O) groups excluding carboxylic acids is 2. The van der Waals surface area contributed by atoms with Crippen molar-refractivity contribution in [2.75, 3.05) is 6.61 Å². The number of esters is 1. The van der Waals surface area contributed by atoms with E-state index in [9.17, 15) is 22.8 Å². The van der Waals surface area contributed by atoms with Gasteiger partial charge >= 0.3 is 12.1 Å². The van der Waals surface area contributed by atoms with Crippen molar-refractivity contribution in [3.05, 3.63) is 52.1 Å². The Hall–Kier alpha value is -3.29. The lowest BCUT2D eigenvalue weighted by Gasteiger charge is -2.15. The number of aromatic amines is 1. The molecule has 0 unspecified atom stereocenters. The van der Waals surface area contributed by atoms with Gasteiger partial charge in [-0.05, 0) is 13.0 Å². The molecule has 4 aromatic rings. The van der Waals surface area contributed by atoms with Crippen LogP contribution in [0, 0.1) is 0 Å². The predicted molar refractivity (Wildman–Crippen MR) is 98.9 cm³/mol. The number of alkyl halides is 3. The van der Waals surface area contributed by atoms with Crippen LogP contribution in [0.2, 0.25) is 5.02 Å². The fraction of sp³-hybridized carbons (Fsp3) is 0.158.